The lowest BCUT2D eigenvalue weighted by atomic mass is 10.3. The van der Waals surface area contributed by atoms with E-state index in [0.29, 0.717) is 21.5 Å². The number of ether oxygens (including phenoxy) is 1. The van der Waals surface area contributed by atoms with Crippen molar-refractivity contribution in [3.05, 3.63) is 40.1 Å². The maximum absolute atomic E-state index is 12.0. The van der Waals surface area contributed by atoms with Gasteiger partial charge in [0.15, 0.2) is 6.10 Å². The number of aromatic nitrogens is 3. The van der Waals surface area contributed by atoms with Crippen LogP contribution in [0.1, 0.15) is 12.6 Å². The van der Waals surface area contributed by atoms with E-state index in [1.807, 2.05) is 0 Å². The third kappa shape index (κ3) is 5.10. The van der Waals surface area contributed by atoms with Gasteiger partial charge in [0.2, 0.25) is 0 Å². The first-order chi connectivity index (χ1) is 11.3. The van der Waals surface area contributed by atoms with Crippen molar-refractivity contribution in [1.82, 2.24) is 20.3 Å². The van der Waals surface area contributed by atoms with Crippen LogP contribution in [0.4, 0.5) is 0 Å². The van der Waals surface area contributed by atoms with Gasteiger partial charge in [0.25, 0.3) is 5.91 Å². The zero-order valence-electron chi connectivity index (χ0n) is 12.6. The van der Waals surface area contributed by atoms with E-state index in [-0.39, 0.29) is 19.0 Å². The number of hydrogen-bond acceptors (Lipinski definition) is 5. The number of nitrogens with zero attached hydrogens (tertiary/aromatic N) is 3. The van der Waals surface area contributed by atoms with Gasteiger partial charge in [-0.15, -0.1) is 5.10 Å². The monoisotopic (exact) mass is 372 g/mol. The predicted octanol–water partition coefficient (Wildman–Crippen LogP) is 1.75. The van der Waals surface area contributed by atoms with E-state index in [1.54, 1.807) is 19.1 Å². The number of halogens is 2. The highest BCUT2D eigenvalue weighted by atomic mass is 35.5. The Morgan fingerprint density at radius 3 is 2.79 bits per heavy atom. The van der Waals surface area contributed by atoms with Crippen LogP contribution in [0.15, 0.2) is 24.4 Å². The molecule has 1 aromatic carbocycles. The number of carboxylic acid groups (broad SMARTS) is 1. The first kappa shape index (κ1) is 18.0. The number of hydrogen-bond donors (Lipinski definition) is 2. The molecule has 0 bridgehead atoms. The van der Waals surface area contributed by atoms with Gasteiger partial charge in [-0.1, -0.05) is 28.4 Å². The molecular formula is C14H14Cl2N4O4. The molecular weight excluding hydrogens is 359 g/mol. The van der Waals surface area contributed by atoms with Crippen LogP contribution in [-0.2, 0) is 22.7 Å². The summed E-state index contributed by atoms with van der Waals surface area (Å²) in [5, 5.41) is 19.4. The molecule has 1 atom stereocenters. The third-order valence-corrected chi connectivity index (χ3v) is 3.64. The molecule has 1 heterocycles. The SMILES string of the molecule is CC(Oc1ccc(Cl)c(Cl)c1)C(=O)NCc1cn(CC(=O)O)nn1. The van der Waals surface area contributed by atoms with Crippen LogP contribution in [-0.4, -0.2) is 38.1 Å². The van der Waals surface area contributed by atoms with Crippen LogP contribution in [0.3, 0.4) is 0 Å². The lowest BCUT2D eigenvalue weighted by molar-refractivity contribution is -0.138. The highest BCUT2D eigenvalue weighted by molar-refractivity contribution is 6.42. The molecule has 0 fully saturated rings. The maximum Gasteiger partial charge on any atom is 0.325 e. The molecule has 10 heteroatoms. The Morgan fingerprint density at radius 2 is 2.12 bits per heavy atom. The smallest absolute Gasteiger partial charge is 0.325 e. The van der Waals surface area contributed by atoms with Crippen molar-refractivity contribution in [1.29, 1.82) is 0 Å². The minimum absolute atomic E-state index is 0.105. The Bertz CT molecular complexity index is 750. The minimum Gasteiger partial charge on any atom is -0.481 e. The molecule has 2 rings (SSSR count). The highest BCUT2D eigenvalue weighted by Gasteiger charge is 2.15. The van der Waals surface area contributed by atoms with Gasteiger partial charge in [0.1, 0.15) is 18.0 Å². The number of amides is 1. The number of carboxylic acids is 1. The Labute approximate surface area is 147 Å². The fourth-order valence-electron chi connectivity index (χ4n) is 1.76. The average Bonchev–Trinajstić information content (AvgIpc) is 2.95. The molecule has 1 unspecified atom stereocenters. The molecule has 0 radical (unpaired) electrons. The van der Waals surface area contributed by atoms with Gasteiger partial charge < -0.3 is 15.2 Å². The van der Waals surface area contributed by atoms with Crippen molar-refractivity contribution in [3.63, 3.8) is 0 Å². The van der Waals surface area contributed by atoms with Crippen molar-refractivity contribution in [2.45, 2.75) is 26.1 Å². The Kier molecular flexibility index (Phi) is 5.99. The Balaban J connectivity index is 1.86. The molecule has 2 aromatic rings. The highest BCUT2D eigenvalue weighted by Crippen LogP contribution is 2.26. The number of carbonyl (C=O) groups is 2. The van der Waals surface area contributed by atoms with Gasteiger partial charge in [-0.05, 0) is 19.1 Å². The number of nitrogens with one attached hydrogen (secondary N) is 1. The van der Waals surface area contributed by atoms with E-state index >= 15 is 0 Å². The van der Waals surface area contributed by atoms with Crippen LogP contribution in [0, 0.1) is 0 Å². The molecule has 0 saturated heterocycles. The van der Waals surface area contributed by atoms with Crippen LogP contribution in [0.25, 0.3) is 0 Å². The van der Waals surface area contributed by atoms with Crippen LogP contribution >= 0.6 is 23.2 Å². The number of carbonyl (C=O) groups excluding carboxylic acids is 1. The second-order valence-electron chi connectivity index (χ2n) is 4.85. The summed E-state index contributed by atoms with van der Waals surface area (Å²) in [4.78, 5) is 22.6. The van der Waals surface area contributed by atoms with E-state index in [2.05, 4.69) is 15.6 Å². The molecule has 0 aliphatic heterocycles. The Hall–Kier alpha value is -2.32. The molecule has 8 nitrogen and oxygen atoms in total. The molecule has 24 heavy (non-hydrogen) atoms. The minimum atomic E-state index is -1.03. The summed E-state index contributed by atoms with van der Waals surface area (Å²) in [7, 11) is 0. The van der Waals surface area contributed by atoms with E-state index < -0.39 is 12.1 Å². The molecule has 128 valence electrons. The lowest BCUT2D eigenvalue weighted by Gasteiger charge is -2.14. The first-order valence-corrected chi connectivity index (χ1v) is 7.61. The fraction of sp³-hybridized carbons (Fsp3) is 0.286. The van der Waals surface area contributed by atoms with Gasteiger partial charge in [-0.2, -0.15) is 0 Å². The second-order valence-corrected chi connectivity index (χ2v) is 5.67. The lowest BCUT2D eigenvalue weighted by Crippen LogP contribution is -2.36. The van der Waals surface area contributed by atoms with E-state index in [1.165, 1.54) is 16.9 Å². The first-order valence-electron chi connectivity index (χ1n) is 6.85. The van der Waals surface area contributed by atoms with Crippen LogP contribution in [0.2, 0.25) is 10.0 Å². The van der Waals surface area contributed by atoms with Gasteiger partial charge >= 0.3 is 5.97 Å². The van der Waals surface area contributed by atoms with Gasteiger partial charge in [0.05, 0.1) is 22.8 Å². The van der Waals surface area contributed by atoms with E-state index in [0.717, 1.165) is 0 Å². The van der Waals surface area contributed by atoms with Crippen LogP contribution < -0.4 is 10.1 Å². The molecule has 0 aliphatic rings. The standard InChI is InChI=1S/C14H14Cl2N4O4/c1-8(24-10-2-3-11(15)12(16)4-10)14(23)17-5-9-6-20(19-18-9)7-13(21)22/h2-4,6,8H,5,7H2,1H3,(H,17,23)(H,21,22). The quantitative estimate of drug-likeness (QED) is 0.766. The van der Waals surface area contributed by atoms with Gasteiger partial charge in [-0.3, -0.25) is 9.59 Å². The Morgan fingerprint density at radius 1 is 1.38 bits per heavy atom. The summed E-state index contributed by atoms with van der Waals surface area (Å²) in [6.07, 6.45) is 0.676. The molecule has 0 spiro atoms. The molecule has 0 aliphatic carbocycles. The van der Waals surface area contributed by atoms with Gasteiger partial charge in [0, 0.05) is 6.07 Å². The summed E-state index contributed by atoms with van der Waals surface area (Å²) < 4.78 is 6.65. The summed E-state index contributed by atoms with van der Waals surface area (Å²) in [5.41, 5.74) is 0.436. The number of rotatable bonds is 7. The summed E-state index contributed by atoms with van der Waals surface area (Å²) in [6, 6.07) is 4.70. The molecule has 1 aromatic heterocycles. The normalized spacial score (nSPS) is 11.8. The topological polar surface area (TPSA) is 106 Å². The van der Waals surface area contributed by atoms with Crippen molar-refractivity contribution >= 4 is 35.1 Å². The summed E-state index contributed by atoms with van der Waals surface area (Å²) in [6.45, 7) is 1.39. The second kappa shape index (κ2) is 7.98. The molecule has 0 saturated carbocycles. The van der Waals surface area contributed by atoms with Gasteiger partial charge in [-0.25, -0.2) is 4.68 Å². The fourth-order valence-corrected chi connectivity index (χ4v) is 2.05. The number of aliphatic carboxylic acids is 1. The zero-order chi connectivity index (χ0) is 17.7. The summed E-state index contributed by atoms with van der Waals surface area (Å²) >= 11 is 11.7. The average molecular weight is 373 g/mol. The molecule has 1 amide bonds. The van der Waals surface area contributed by atoms with Crippen LogP contribution in [0.5, 0.6) is 5.75 Å². The van der Waals surface area contributed by atoms with Crippen molar-refractivity contribution in [2.75, 3.05) is 0 Å². The zero-order valence-corrected chi connectivity index (χ0v) is 14.1. The maximum atomic E-state index is 12.0. The number of benzene rings is 1. The third-order valence-electron chi connectivity index (χ3n) is 2.90. The van der Waals surface area contributed by atoms with Crippen molar-refractivity contribution in [2.24, 2.45) is 0 Å². The van der Waals surface area contributed by atoms with Crippen molar-refractivity contribution < 1.29 is 19.4 Å². The van der Waals surface area contributed by atoms with E-state index in [9.17, 15) is 9.59 Å². The summed E-state index contributed by atoms with van der Waals surface area (Å²) in [5.74, 6) is -0.979. The predicted molar refractivity (Wildman–Crippen MR) is 86.1 cm³/mol. The van der Waals surface area contributed by atoms with Crippen molar-refractivity contribution in [3.8, 4) is 5.75 Å². The molecule has 2 N–H and O–H groups in total. The van der Waals surface area contributed by atoms with E-state index in [4.69, 9.17) is 33.0 Å². The largest absolute Gasteiger partial charge is 0.481 e.